The Kier molecular flexibility index (Phi) is 6.02. The lowest BCUT2D eigenvalue weighted by molar-refractivity contribution is 0.0273. The zero-order valence-electron chi connectivity index (χ0n) is 15.4. The molecule has 26 heavy (non-hydrogen) atoms. The van der Waals surface area contributed by atoms with Crippen LogP contribution >= 0.6 is 12.2 Å². The summed E-state index contributed by atoms with van der Waals surface area (Å²) in [7, 11) is 0. The van der Waals surface area contributed by atoms with Gasteiger partial charge in [0.1, 0.15) is 29.2 Å². The zero-order chi connectivity index (χ0) is 19.5. The average molecular weight is 386 g/mol. The van der Waals surface area contributed by atoms with Crippen LogP contribution in [0.25, 0.3) is 0 Å². The van der Waals surface area contributed by atoms with Crippen LogP contribution in [0.15, 0.2) is 18.2 Å². The van der Waals surface area contributed by atoms with Gasteiger partial charge in [-0.25, -0.2) is 18.3 Å². The molecular formula is C17H23FN2O5S. The lowest BCUT2D eigenvalue weighted by atomic mass is 9.92. The zero-order valence-corrected chi connectivity index (χ0v) is 16.2. The summed E-state index contributed by atoms with van der Waals surface area (Å²) < 4.78 is 31.3. The number of amides is 2. The predicted molar refractivity (Wildman–Crippen MR) is 96.0 cm³/mol. The van der Waals surface area contributed by atoms with Gasteiger partial charge in [-0.15, -0.1) is 0 Å². The molecule has 2 amide bonds. The summed E-state index contributed by atoms with van der Waals surface area (Å²) in [6.45, 7) is 8.87. The van der Waals surface area contributed by atoms with Gasteiger partial charge in [-0.2, -0.15) is 0 Å². The van der Waals surface area contributed by atoms with Crippen LogP contribution in [-0.2, 0) is 19.2 Å². The Hall–Kier alpha value is -2.00. The highest BCUT2D eigenvalue weighted by Gasteiger charge is 2.47. The Morgan fingerprint density at radius 1 is 1.42 bits per heavy atom. The Balaban J connectivity index is 2.32. The Morgan fingerprint density at radius 2 is 2.12 bits per heavy atom. The van der Waals surface area contributed by atoms with Gasteiger partial charge in [0, 0.05) is 11.3 Å². The number of benzene rings is 1. The monoisotopic (exact) mass is 386 g/mol. The second-order valence-electron chi connectivity index (χ2n) is 6.93. The van der Waals surface area contributed by atoms with Crippen molar-refractivity contribution < 1.29 is 27.6 Å². The van der Waals surface area contributed by atoms with E-state index in [1.807, 2.05) is 0 Å². The van der Waals surface area contributed by atoms with Gasteiger partial charge in [0.25, 0.3) is 0 Å². The summed E-state index contributed by atoms with van der Waals surface area (Å²) in [5, 5.41) is 2.52. The fourth-order valence-corrected chi connectivity index (χ4v) is 3.16. The van der Waals surface area contributed by atoms with Gasteiger partial charge in [-0.1, -0.05) is 0 Å². The summed E-state index contributed by atoms with van der Waals surface area (Å²) in [5.74, 6) is -0.526. The molecule has 2 rings (SSSR count). The molecule has 0 aliphatic carbocycles. The van der Waals surface area contributed by atoms with Crippen molar-refractivity contribution in [3.05, 3.63) is 29.6 Å². The topological polar surface area (TPSA) is 77.1 Å². The molecule has 0 saturated carbocycles. The highest BCUT2D eigenvalue weighted by Crippen LogP contribution is 2.43. The molecule has 144 valence electrons. The summed E-state index contributed by atoms with van der Waals surface area (Å²) in [5.41, 5.74) is -1.26. The standard InChI is InChI=1S/C17H23FN2O5S/c1-6-23-14(21)19-11-7-8-13(18)12(9-11)17(5)10-24-26-20(17)15(22)25-16(2,3)4/h7-9H,6,10H2,1-5H3,(H,19,21). The molecule has 1 heterocycles. The van der Waals surface area contributed by atoms with Crippen molar-refractivity contribution in [2.75, 3.05) is 18.5 Å². The molecule has 0 radical (unpaired) electrons. The smallest absolute Gasteiger partial charge is 0.423 e. The SMILES string of the molecule is CCOC(=O)Nc1ccc(F)c(C2(C)COSN2C(=O)OC(C)(C)C)c1. The van der Waals surface area contributed by atoms with E-state index in [9.17, 15) is 14.0 Å². The normalized spacial score (nSPS) is 20.0. The van der Waals surface area contributed by atoms with Crippen LogP contribution in [0.3, 0.4) is 0 Å². The Bertz CT molecular complexity index is 694. The summed E-state index contributed by atoms with van der Waals surface area (Å²) in [4.78, 5) is 24.1. The number of nitrogens with one attached hydrogen (secondary N) is 1. The van der Waals surface area contributed by atoms with Crippen LogP contribution in [0, 0.1) is 5.82 Å². The van der Waals surface area contributed by atoms with E-state index >= 15 is 0 Å². The summed E-state index contributed by atoms with van der Waals surface area (Å²) in [6.07, 6.45) is -1.28. The number of halogens is 1. The minimum absolute atomic E-state index is 0.0662. The molecule has 0 spiro atoms. The fraction of sp³-hybridized carbons (Fsp3) is 0.529. The van der Waals surface area contributed by atoms with Crippen molar-refractivity contribution in [1.82, 2.24) is 4.31 Å². The fourth-order valence-electron chi connectivity index (χ4n) is 2.36. The average Bonchev–Trinajstić information content (AvgIpc) is 2.91. The third kappa shape index (κ3) is 4.59. The number of hydrogen-bond donors (Lipinski definition) is 1. The number of nitrogens with zero attached hydrogens (tertiary/aromatic N) is 1. The van der Waals surface area contributed by atoms with E-state index in [2.05, 4.69) is 5.32 Å². The quantitative estimate of drug-likeness (QED) is 0.611. The lowest BCUT2D eigenvalue weighted by Crippen LogP contribution is -2.44. The molecule has 1 aliphatic heterocycles. The minimum Gasteiger partial charge on any atom is -0.450 e. The third-order valence-corrected chi connectivity index (χ3v) is 4.47. The molecule has 0 aromatic heterocycles. The number of rotatable bonds is 3. The van der Waals surface area contributed by atoms with Crippen LogP contribution in [0.4, 0.5) is 19.7 Å². The first kappa shape index (κ1) is 20.3. The predicted octanol–water partition coefficient (Wildman–Crippen LogP) is 4.44. The third-order valence-electron chi connectivity index (χ3n) is 3.54. The Labute approximate surface area is 156 Å². The number of carbonyl (C=O) groups excluding carboxylic acids is 2. The maximum absolute atomic E-state index is 14.5. The van der Waals surface area contributed by atoms with Crippen LogP contribution in [0.5, 0.6) is 0 Å². The number of anilines is 1. The minimum atomic E-state index is -1.11. The van der Waals surface area contributed by atoms with Crippen molar-refractivity contribution in [3.8, 4) is 0 Å². The van der Waals surface area contributed by atoms with Gasteiger partial charge in [-0.05, 0) is 52.8 Å². The molecule has 1 aliphatic rings. The summed E-state index contributed by atoms with van der Waals surface area (Å²) in [6, 6.07) is 4.09. The van der Waals surface area contributed by atoms with E-state index in [4.69, 9.17) is 13.7 Å². The van der Waals surface area contributed by atoms with E-state index < -0.39 is 29.1 Å². The molecule has 9 heteroatoms. The van der Waals surface area contributed by atoms with E-state index in [1.165, 1.54) is 22.5 Å². The maximum atomic E-state index is 14.5. The summed E-state index contributed by atoms with van der Waals surface area (Å²) >= 11 is 0.810. The molecule has 1 N–H and O–H groups in total. The van der Waals surface area contributed by atoms with Gasteiger partial charge < -0.3 is 9.47 Å². The van der Waals surface area contributed by atoms with Gasteiger partial charge in [0.05, 0.1) is 13.2 Å². The molecule has 1 unspecified atom stereocenters. The Morgan fingerprint density at radius 3 is 2.73 bits per heavy atom. The van der Waals surface area contributed by atoms with E-state index in [0.29, 0.717) is 5.69 Å². The maximum Gasteiger partial charge on any atom is 0.423 e. The van der Waals surface area contributed by atoms with Crippen LogP contribution in [-0.4, -0.2) is 35.3 Å². The second-order valence-corrected chi connectivity index (χ2v) is 7.68. The van der Waals surface area contributed by atoms with Gasteiger partial charge >= 0.3 is 12.2 Å². The molecule has 0 bridgehead atoms. The van der Waals surface area contributed by atoms with Crippen molar-refractivity contribution >= 4 is 30.1 Å². The molecular weight excluding hydrogens is 363 g/mol. The van der Waals surface area contributed by atoms with E-state index in [0.717, 1.165) is 12.2 Å². The van der Waals surface area contributed by atoms with Crippen molar-refractivity contribution in [2.45, 2.75) is 45.8 Å². The van der Waals surface area contributed by atoms with Crippen molar-refractivity contribution in [3.63, 3.8) is 0 Å². The molecule has 7 nitrogen and oxygen atoms in total. The number of ether oxygens (including phenoxy) is 2. The number of carbonyl (C=O) groups is 2. The first-order chi connectivity index (χ1) is 12.1. The molecule has 1 fully saturated rings. The van der Waals surface area contributed by atoms with Crippen molar-refractivity contribution in [1.29, 1.82) is 0 Å². The van der Waals surface area contributed by atoms with Gasteiger partial charge in [-0.3, -0.25) is 9.50 Å². The van der Waals surface area contributed by atoms with E-state index in [1.54, 1.807) is 34.6 Å². The number of hydrogen-bond acceptors (Lipinski definition) is 6. The molecule has 1 aromatic carbocycles. The first-order valence-electron chi connectivity index (χ1n) is 8.13. The lowest BCUT2D eigenvalue weighted by Gasteiger charge is -2.33. The highest BCUT2D eigenvalue weighted by molar-refractivity contribution is 7.93. The molecule has 1 saturated heterocycles. The van der Waals surface area contributed by atoms with Crippen LogP contribution < -0.4 is 5.32 Å². The van der Waals surface area contributed by atoms with Gasteiger partial charge in [0.15, 0.2) is 0 Å². The van der Waals surface area contributed by atoms with Crippen molar-refractivity contribution in [2.24, 2.45) is 0 Å². The van der Waals surface area contributed by atoms with E-state index in [-0.39, 0.29) is 18.8 Å². The second kappa shape index (κ2) is 7.71. The van der Waals surface area contributed by atoms with Crippen LogP contribution in [0.2, 0.25) is 0 Å². The largest absolute Gasteiger partial charge is 0.450 e. The highest BCUT2D eigenvalue weighted by atomic mass is 32.2. The first-order valence-corrected chi connectivity index (χ1v) is 8.83. The molecule has 1 atom stereocenters. The van der Waals surface area contributed by atoms with Crippen LogP contribution in [0.1, 0.15) is 40.2 Å². The van der Waals surface area contributed by atoms with Gasteiger partial charge in [0.2, 0.25) is 0 Å². The molecule has 1 aromatic rings.